The molecule has 0 aliphatic rings. The number of nitrogens with zero attached hydrogens (tertiary/aromatic N) is 2. The molecule has 4 nitrogen and oxygen atoms in total. The van der Waals surface area contributed by atoms with Crippen molar-refractivity contribution in [3.8, 4) is 11.3 Å². The molecule has 1 atom stereocenters. The molecule has 1 amide bonds. The topological polar surface area (TPSA) is 54.9 Å². The van der Waals surface area contributed by atoms with Gasteiger partial charge >= 0.3 is 0 Å². The van der Waals surface area contributed by atoms with E-state index in [9.17, 15) is 4.79 Å². The summed E-state index contributed by atoms with van der Waals surface area (Å²) in [6.07, 6.45) is 2.17. The number of amides is 1. The SMILES string of the molecule is CCC(Sc1cc(-c2ccccc2)ncn1)C(=O)Nc1cc(Cl)cc(Cl)c1. The van der Waals surface area contributed by atoms with Crippen LogP contribution in [-0.4, -0.2) is 21.1 Å². The van der Waals surface area contributed by atoms with Crippen molar-refractivity contribution in [3.05, 3.63) is 71.0 Å². The van der Waals surface area contributed by atoms with Gasteiger partial charge in [-0.1, -0.05) is 72.2 Å². The summed E-state index contributed by atoms with van der Waals surface area (Å²) in [5, 5.41) is 4.26. The largest absolute Gasteiger partial charge is 0.325 e. The molecule has 0 bridgehead atoms. The zero-order chi connectivity index (χ0) is 19.2. The maximum atomic E-state index is 12.7. The van der Waals surface area contributed by atoms with Crippen LogP contribution in [0.2, 0.25) is 10.0 Å². The van der Waals surface area contributed by atoms with Crippen LogP contribution in [0.3, 0.4) is 0 Å². The highest BCUT2D eigenvalue weighted by Crippen LogP contribution is 2.28. The minimum absolute atomic E-state index is 0.124. The van der Waals surface area contributed by atoms with Gasteiger partial charge in [0.25, 0.3) is 0 Å². The summed E-state index contributed by atoms with van der Waals surface area (Å²) < 4.78 is 0. The molecule has 1 aromatic heterocycles. The van der Waals surface area contributed by atoms with Gasteiger partial charge in [0.05, 0.1) is 10.9 Å². The van der Waals surface area contributed by atoms with E-state index in [4.69, 9.17) is 23.2 Å². The van der Waals surface area contributed by atoms with Gasteiger partial charge in [0.1, 0.15) is 11.4 Å². The number of halogens is 2. The van der Waals surface area contributed by atoms with Gasteiger partial charge in [-0.3, -0.25) is 4.79 Å². The smallest absolute Gasteiger partial charge is 0.237 e. The molecular formula is C20H17Cl2N3OS. The van der Waals surface area contributed by atoms with E-state index in [0.29, 0.717) is 22.2 Å². The van der Waals surface area contributed by atoms with Crippen LogP contribution in [0.25, 0.3) is 11.3 Å². The lowest BCUT2D eigenvalue weighted by Crippen LogP contribution is -2.24. The van der Waals surface area contributed by atoms with Gasteiger partial charge in [0, 0.05) is 21.3 Å². The van der Waals surface area contributed by atoms with Crippen LogP contribution in [0.15, 0.2) is 66.0 Å². The fourth-order valence-corrected chi connectivity index (χ4v) is 3.93. The third kappa shape index (κ3) is 5.45. The highest BCUT2D eigenvalue weighted by Gasteiger charge is 2.19. The summed E-state index contributed by atoms with van der Waals surface area (Å²) >= 11 is 13.4. The number of hydrogen-bond donors (Lipinski definition) is 1. The van der Waals surface area contributed by atoms with Gasteiger partial charge < -0.3 is 5.32 Å². The zero-order valence-corrected chi connectivity index (χ0v) is 16.9. The molecule has 3 aromatic rings. The van der Waals surface area contributed by atoms with Crippen LogP contribution in [0.1, 0.15) is 13.3 Å². The summed E-state index contributed by atoms with van der Waals surface area (Å²) in [6, 6.07) is 16.7. The highest BCUT2D eigenvalue weighted by atomic mass is 35.5. The predicted octanol–water partition coefficient (Wildman–Crippen LogP) is 5.96. The van der Waals surface area contributed by atoms with Crippen LogP contribution in [0.5, 0.6) is 0 Å². The second-order valence-corrected chi connectivity index (χ2v) is 7.87. The Labute approximate surface area is 172 Å². The Morgan fingerprint density at radius 1 is 1.07 bits per heavy atom. The predicted molar refractivity (Wildman–Crippen MR) is 112 cm³/mol. The highest BCUT2D eigenvalue weighted by molar-refractivity contribution is 8.00. The number of thioether (sulfide) groups is 1. The van der Waals surface area contributed by atoms with Gasteiger partial charge in [-0.15, -0.1) is 0 Å². The van der Waals surface area contributed by atoms with Crippen LogP contribution >= 0.6 is 35.0 Å². The molecule has 1 heterocycles. The molecule has 0 saturated heterocycles. The first kappa shape index (κ1) is 19.7. The Morgan fingerprint density at radius 3 is 2.44 bits per heavy atom. The third-order valence-corrected chi connectivity index (χ3v) is 5.50. The third-order valence-electron chi connectivity index (χ3n) is 3.77. The molecule has 7 heteroatoms. The molecule has 1 N–H and O–H groups in total. The molecule has 0 spiro atoms. The molecule has 2 aromatic carbocycles. The van der Waals surface area contributed by atoms with E-state index < -0.39 is 0 Å². The lowest BCUT2D eigenvalue weighted by atomic mass is 10.1. The summed E-state index contributed by atoms with van der Waals surface area (Å²) in [5.74, 6) is -0.124. The van der Waals surface area contributed by atoms with Gasteiger partial charge in [-0.25, -0.2) is 9.97 Å². The molecule has 0 fully saturated rings. The number of benzene rings is 2. The minimum atomic E-state index is -0.304. The Morgan fingerprint density at radius 2 is 1.78 bits per heavy atom. The second kappa shape index (κ2) is 9.22. The quantitative estimate of drug-likeness (QED) is 0.396. The maximum Gasteiger partial charge on any atom is 0.237 e. The molecule has 0 radical (unpaired) electrons. The van der Waals surface area contributed by atoms with Crippen molar-refractivity contribution in [2.45, 2.75) is 23.6 Å². The van der Waals surface area contributed by atoms with E-state index in [1.807, 2.05) is 43.3 Å². The van der Waals surface area contributed by atoms with Crippen molar-refractivity contribution in [1.29, 1.82) is 0 Å². The first-order valence-corrected chi connectivity index (χ1v) is 10.00. The number of rotatable bonds is 6. The van der Waals surface area contributed by atoms with E-state index in [1.165, 1.54) is 18.1 Å². The van der Waals surface area contributed by atoms with Crippen molar-refractivity contribution in [1.82, 2.24) is 9.97 Å². The average molecular weight is 418 g/mol. The van der Waals surface area contributed by atoms with Gasteiger partial charge in [0.15, 0.2) is 0 Å². The average Bonchev–Trinajstić information content (AvgIpc) is 2.66. The minimum Gasteiger partial charge on any atom is -0.325 e. The molecule has 0 aliphatic carbocycles. The summed E-state index contributed by atoms with van der Waals surface area (Å²) in [5.41, 5.74) is 2.40. The Bertz CT molecular complexity index is 917. The lowest BCUT2D eigenvalue weighted by molar-refractivity contribution is -0.115. The number of anilines is 1. The molecule has 0 saturated carbocycles. The van der Waals surface area contributed by atoms with E-state index in [0.717, 1.165) is 16.3 Å². The lowest BCUT2D eigenvalue weighted by Gasteiger charge is -2.15. The van der Waals surface area contributed by atoms with Gasteiger partial charge in [0.2, 0.25) is 5.91 Å². The number of nitrogens with one attached hydrogen (secondary N) is 1. The molecule has 1 unspecified atom stereocenters. The first-order chi connectivity index (χ1) is 13.0. The summed E-state index contributed by atoms with van der Waals surface area (Å²) in [6.45, 7) is 1.96. The van der Waals surface area contributed by atoms with E-state index >= 15 is 0 Å². The Hall–Kier alpha value is -2.08. The zero-order valence-electron chi connectivity index (χ0n) is 14.5. The van der Waals surface area contributed by atoms with Crippen molar-refractivity contribution in [3.63, 3.8) is 0 Å². The van der Waals surface area contributed by atoms with E-state index in [1.54, 1.807) is 18.2 Å². The number of carbonyl (C=O) groups excluding carboxylic acids is 1. The van der Waals surface area contributed by atoms with E-state index in [-0.39, 0.29) is 11.2 Å². The van der Waals surface area contributed by atoms with Crippen molar-refractivity contribution >= 4 is 46.6 Å². The first-order valence-electron chi connectivity index (χ1n) is 8.36. The number of aromatic nitrogens is 2. The number of hydrogen-bond acceptors (Lipinski definition) is 4. The van der Waals surface area contributed by atoms with Crippen molar-refractivity contribution < 1.29 is 4.79 Å². The monoisotopic (exact) mass is 417 g/mol. The maximum absolute atomic E-state index is 12.7. The van der Waals surface area contributed by atoms with Crippen molar-refractivity contribution in [2.24, 2.45) is 0 Å². The van der Waals surface area contributed by atoms with Crippen LogP contribution in [-0.2, 0) is 4.79 Å². The molecule has 0 aliphatic heterocycles. The van der Waals surface area contributed by atoms with Crippen LogP contribution < -0.4 is 5.32 Å². The summed E-state index contributed by atoms with van der Waals surface area (Å²) in [4.78, 5) is 21.3. The normalized spacial score (nSPS) is 11.8. The Kier molecular flexibility index (Phi) is 6.72. The molecule has 27 heavy (non-hydrogen) atoms. The van der Waals surface area contributed by atoms with E-state index in [2.05, 4.69) is 15.3 Å². The standard InChI is InChI=1S/C20H17Cl2N3OS/c1-2-18(20(26)25-16-9-14(21)8-15(22)10-16)27-19-11-17(23-12-24-19)13-6-4-3-5-7-13/h3-12,18H,2H2,1H3,(H,25,26). The number of carbonyl (C=O) groups is 1. The molecule has 138 valence electrons. The molecule has 3 rings (SSSR count). The van der Waals surface area contributed by atoms with Gasteiger partial charge in [-0.2, -0.15) is 0 Å². The van der Waals surface area contributed by atoms with Gasteiger partial charge in [-0.05, 0) is 30.7 Å². The second-order valence-electron chi connectivity index (χ2n) is 5.77. The van der Waals surface area contributed by atoms with Crippen LogP contribution in [0.4, 0.5) is 5.69 Å². The molecular weight excluding hydrogens is 401 g/mol. The fourth-order valence-electron chi connectivity index (χ4n) is 2.49. The van der Waals surface area contributed by atoms with Crippen LogP contribution in [0, 0.1) is 0 Å². The summed E-state index contributed by atoms with van der Waals surface area (Å²) in [7, 11) is 0. The Balaban J connectivity index is 1.74. The fraction of sp³-hybridized carbons (Fsp3) is 0.150. The van der Waals surface area contributed by atoms with Crippen molar-refractivity contribution in [2.75, 3.05) is 5.32 Å².